The third kappa shape index (κ3) is 4.29. The molecular formula is C23H21BrFN5O2. The Bertz CT molecular complexity index is 1190. The largest absolute Gasteiger partial charge is 0.384 e. The van der Waals surface area contributed by atoms with E-state index >= 15 is 0 Å². The van der Waals surface area contributed by atoms with Gasteiger partial charge < -0.3 is 21.3 Å². The number of carbonyl (C=O) groups is 2. The fraction of sp³-hybridized carbons (Fsp3) is 0.174. The number of carbonyl (C=O) groups excluding carboxylic acids is 2. The molecule has 1 aromatic heterocycles. The molecule has 7 nitrogen and oxygen atoms in total. The Kier molecular flexibility index (Phi) is 6.09. The van der Waals surface area contributed by atoms with Crippen LogP contribution >= 0.6 is 15.9 Å². The molecule has 0 radical (unpaired) electrons. The summed E-state index contributed by atoms with van der Waals surface area (Å²) < 4.78 is 15.0. The molecule has 2 heterocycles. The third-order valence-electron chi connectivity index (χ3n) is 5.33. The molecule has 1 aliphatic heterocycles. The Balaban J connectivity index is 1.64. The zero-order chi connectivity index (χ0) is 22.8. The smallest absolute Gasteiger partial charge is 0.323 e. The van der Waals surface area contributed by atoms with Crippen LogP contribution in [0.1, 0.15) is 30.4 Å². The monoisotopic (exact) mass is 497 g/mol. The average Bonchev–Trinajstić information content (AvgIpc) is 2.76. The van der Waals surface area contributed by atoms with Crippen LogP contribution in [0.15, 0.2) is 59.2 Å². The summed E-state index contributed by atoms with van der Waals surface area (Å²) in [7, 11) is 0. The zero-order valence-corrected chi connectivity index (χ0v) is 18.8. The Morgan fingerprint density at radius 1 is 1.25 bits per heavy atom. The van der Waals surface area contributed by atoms with Gasteiger partial charge in [-0.25, -0.2) is 14.2 Å². The highest BCUT2D eigenvalue weighted by molar-refractivity contribution is 9.10. The van der Waals surface area contributed by atoms with Gasteiger partial charge in [0, 0.05) is 16.4 Å². The van der Waals surface area contributed by atoms with Gasteiger partial charge in [0.05, 0.1) is 23.8 Å². The van der Waals surface area contributed by atoms with Crippen molar-refractivity contribution in [3.63, 3.8) is 0 Å². The lowest BCUT2D eigenvalue weighted by atomic mass is 9.88. The summed E-state index contributed by atoms with van der Waals surface area (Å²) in [4.78, 5) is 31.4. The summed E-state index contributed by atoms with van der Waals surface area (Å²) in [6.45, 7) is 2.19. The first-order chi connectivity index (χ1) is 15.4. The SMILES string of the molecule is CCC1C(=O)N(c2cc(NC(=O)Nc3ccccc3)c(F)cc2Br)Cc2cnc(N)cc21. The number of anilines is 4. The van der Waals surface area contributed by atoms with Crippen LogP contribution in [0.4, 0.5) is 32.1 Å². The molecule has 1 aliphatic rings. The number of aromatic nitrogens is 1. The van der Waals surface area contributed by atoms with E-state index in [1.165, 1.54) is 12.1 Å². The normalized spacial score (nSPS) is 15.3. The maximum Gasteiger partial charge on any atom is 0.323 e. The second-order valence-electron chi connectivity index (χ2n) is 7.42. The molecule has 0 fully saturated rings. The van der Waals surface area contributed by atoms with Crippen molar-refractivity contribution in [1.29, 1.82) is 0 Å². The van der Waals surface area contributed by atoms with Crippen LogP contribution in [-0.2, 0) is 11.3 Å². The summed E-state index contributed by atoms with van der Waals surface area (Å²) in [5.41, 5.74) is 8.54. The number of para-hydroxylation sites is 1. The van der Waals surface area contributed by atoms with Crippen LogP contribution < -0.4 is 21.3 Å². The van der Waals surface area contributed by atoms with E-state index in [1.807, 2.05) is 13.0 Å². The first-order valence-corrected chi connectivity index (χ1v) is 10.8. The lowest BCUT2D eigenvalue weighted by Crippen LogP contribution is -2.39. The standard InChI is InChI=1S/C23H21BrFN5O2/c1-2-15-16-8-21(26)27-11-13(16)12-30(22(15)31)20-10-19(18(25)9-17(20)24)29-23(32)28-14-6-4-3-5-7-14/h3-11,15H,2,12H2,1H3,(H2,26,27)(H2,28,29,32). The quantitative estimate of drug-likeness (QED) is 0.458. The number of fused-ring (bicyclic) bond motifs is 1. The Morgan fingerprint density at radius 2 is 2.00 bits per heavy atom. The number of nitrogen functional groups attached to an aromatic ring is 1. The van der Waals surface area contributed by atoms with Crippen LogP contribution in [0, 0.1) is 5.82 Å². The number of nitrogens with two attached hydrogens (primary N) is 1. The van der Waals surface area contributed by atoms with Crippen LogP contribution in [0.5, 0.6) is 0 Å². The minimum absolute atomic E-state index is 0.0429. The number of hydrogen-bond acceptors (Lipinski definition) is 4. The summed E-state index contributed by atoms with van der Waals surface area (Å²) in [6.07, 6.45) is 2.24. The average molecular weight is 498 g/mol. The Hall–Kier alpha value is -3.46. The minimum Gasteiger partial charge on any atom is -0.384 e. The predicted molar refractivity (Wildman–Crippen MR) is 126 cm³/mol. The van der Waals surface area contributed by atoms with Crippen molar-refractivity contribution < 1.29 is 14.0 Å². The topological polar surface area (TPSA) is 100 Å². The molecule has 3 aromatic rings. The molecule has 4 N–H and O–H groups in total. The van der Waals surface area contributed by atoms with Crippen molar-refractivity contribution in [2.24, 2.45) is 0 Å². The van der Waals surface area contributed by atoms with Crippen molar-refractivity contribution in [2.75, 3.05) is 21.3 Å². The molecule has 9 heteroatoms. The van der Waals surface area contributed by atoms with Gasteiger partial charge in [-0.05, 0) is 63.8 Å². The van der Waals surface area contributed by atoms with Gasteiger partial charge in [-0.2, -0.15) is 0 Å². The van der Waals surface area contributed by atoms with Gasteiger partial charge in [-0.3, -0.25) is 4.79 Å². The molecule has 0 spiro atoms. The van der Waals surface area contributed by atoms with Gasteiger partial charge in [0.15, 0.2) is 0 Å². The molecule has 164 valence electrons. The van der Waals surface area contributed by atoms with E-state index in [0.29, 0.717) is 28.1 Å². The van der Waals surface area contributed by atoms with Crippen LogP contribution in [0.3, 0.4) is 0 Å². The number of benzene rings is 2. The summed E-state index contributed by atoms with van der Waals surface area (Å²) in [6, 6.07) is 12.6. The van der Waals surface area contributed by atoms with E-state index in [2.05, 4.69) is 31.5 Å². The molecular weight excluding hydrogens is 477 g/mol. The highest BCUT2D eigenvalue weighted by Crippen LogP contribution is 2.39. The van der Waals surface area contributed by atoms with E-state index < -0.39 is 17.8 Å². The summed E-state index contributed by atoms with van der Waals surface area (Å²) in [5, 5.41) is 5.16. The predicted octanol–water partition coefficient (Wildman–Crippen LogP) is 5.25. The fourth-order valence-corrected chi connectivity index (χ4v) is 4.32. The number of rotatable bonds is 4. The van der Waals surface area contributed by atoms with Gasteiger partial charge in [0.2, 0.25) is 5.91 Å². The van der Waals surface area contributed by atoms with E-state index in [1.54, 1.807) is 41.4 Å². The molecule has 1 atom stereocenters. The first-order valence-electron chi connectivity index (χ1n) is 10.0. The second-order valence-corrected chi connectivity index (χ2v) is 8.28. The summed E-state index contributed by atoms with van der Waals surface area (Å²) >= 11 is 3.36. The lowest BCUT2D eigenvalue weighted by Gasteiger charge is -2.34. The maximum absolute atomic E-state index is 14.6. The Labute approximate surface area is 193 Å². The first kappa shape index (κ1) is 21.8. The van der Waals surface area contributed by atoms with Crippen molar-refractivity contribution >= 4 is 50.7 Å². The van der Waals surface area contributed by atoms with E-state index in [4.69, 9.17) is 5.73 Å². The number of nitrogens with one attached hydrogen (secondary N) is 2. The molecule has 1 unspecified atom stereocenters. The van der Waals surface area contributed by atoms with Gasteiger partial charge >= 0.3 is 6.03 Å². The highest BCUT2D eigenvalue weighted by Gasteiger charge is 2.34. The van der Waals surface area contributed by atoms with E-state index in [0.717, 1.165) is 11.1 Å². The minimum atomic E-state index is -0.629. The number of amides is 3. The molecule has 0 aliphatic carbocycles. The maximum atomic E-state index is 14.6. The van der Waals surface area contributed by atoms with Gasteiger partial charge in [-0.1, -0.05) is 25.1 Å². The number of nitrogens with zero attached hydrogens (tertiary/aromatic N) is 2. The lowest BCUT2D eigenvalue weighted by molar-refractivity contribution is -0.120. The molecule has 3 amide bonds. The molecule has 0 bridgehead atoms. The molecule has 0 saturated carbocycles. The number of pyridine rings is 1. The fourth-order valence-electron chi connectivity index (χ4n) is 3.79. The van der Waals surface area contributed by atoms with Crippen LogP contribution in [-0.4, -0.2) is 16.9 Å². The third-order valence-corrected chi connectivity index (χ3v) is 5.96. The molecule has 0 saturated heterocycles. The van der Waals surface area contributed by atoms with Gasteiger partial charge in [-0.15, -0.1) is 0 Å². The number of hydrogen-bond donors (Lipinski definition) is 3. The van der Waals surface area contributed by atoms with Gasteiger partial charge in [0.25, 0.3) is 0 Å². The Morgan fingerprint density at radius 3 is 2.72 bits per heavy atom. The van der Waals surface area contributed by atoms with Crippen LogP contribution in [0.2, 0.25) is 0 Å². The van der Waals surface area contributed by atoms with Crippen molar-refractivity contribution in [1.82, 2.24) is 4.98 Å². The second kappa shape index (κ2) is 8.96. The van der Waals surface area contributed by atoms with E-state index in [9.17, 15) is 14.0 Å². The van der Waals surface area contributed by atoms with Crippen molar-refractivity contribution in [2.45, 2.75) is 25.8 Å². The van der Waals surface area contributed by atoms with Crippen LogP contribution in [0.25, 0.3) is 0 Å². The molecule has 4 rings (SSSR count). The highest BCUT2D eigenvalue weighted by atomic mass is 79.9. The number of urea groups is 1. The van der Waals surface area contributed by atoms with Crippen molar-refractivity contribution in [3.05, 3.63) is 76.1 Å². The summed E-state index contributed by atoms with van der Waals surface area (Å²) in [5.74, 6) is -0.783. The zero-order valence-electron chi connectivity index (χ0n) is 17.2. The molecule has 2 aromatic carbocycles. The van der Waals surface area contributed by atoms with Gasteiger partial charge in [0.1, 0.15) is 11.6 Å². The number of halogens is 2. The molecule has 32 heavy (non-hydrogen) atoms. The van der Waals surface area contributed by atoms with Crippen molar-refractivity contribution in [3.8, 4) is 0 Å². The van der Waals surface area contributed by atoms with E-state index in [-0.39, 0.29) is 18.1 Å².